The molecule has 4 nitrogen and oxygen atoms in total. The van der Waals surface area contributed by atoms with Crippen molar-refractivity contribution in [2.45, 2.75) is 57.5 Å². The molecule has 1 saturated carbocycles. The summed E-state index contributed by atoms with van der Waals surface area (Å²) in [4.78, 5) is 4.57. The van der Waals surface area contributed by atoms with Crippen LogP contribution in [-0.2, 0) is 14.3 Å². The highest BCUT2D eigenvalue weighted by atomic mass is 32.2. The van der Waals surface area contributed by atoms with Gasteiger partial charge in [0, 0.05) is 11.6 Å². The van der Waals surface area contributed by atoms with Gasteiger partial charge in [0.15, 0.2) is 0 Å². The van der Waals surface area contributed by atoms with Gasteiger partial charge in [-0.15, -0.1) is 0 Å². The third-order valence-corrected chi connectivity index (χ3v) is 5.13. The highest BCUT2D eigenvalue weighted by Crippen LogP contribution is 2.41. The van der Waals surface area contributed by atoms with Crippen LogP contribution in [-0.4, -0.2) is 25.7 Å². The zero-order valence-corrected chi connectivity index (χ0v) is 13.4. The fourth-order valence-corrected chi connectivity index (χ4v) is 3.67. The molecule has 0 saturated heterocycles. The van der Waals surface area contributed by atoms with Crippen LogP contribution in [0.2, 0.25) is 0 Å². The van der Waals surface area contributed by atoms with Gasteiger partial charge in [-0.3, -0.25) is 4.99 Å². The molecule has 0 aromatic carbocycles. The first-order valence-corrected chi connectivity index (χ1v) is 8.85. The average molecular weight is 339 g/mol. The second-order valence-electron chi connectivity index (χ2n) is 5.90. The first-order chi connectivity index (χ1) is 10.2. The van der Waals surface area contributed by atoms with E-state index in [1.165, 1.54) is 6.08 Å². The molecule has 8 heteroatoms. The number of aliphatic imine (C=N–C) groups is 1. The van der Waals surface area contributed by atoms with Gasteiger partial charge in [-0.2, -0.15) is 21.6 Å². The summed E-state index contributed by atoms with van der Waals surface area (Å²) in [6.07, 6.45) is 5.26. The number of allylic oxidation sites excluding steroid dienone is 1. The predicted octanol–water partition coefficient (Wildman–Crippen LogP) is 3.80. The molecule has 0 bridgehead atoms. The highest BCUT2D eigenvalue weighted by molar-refractivity contribution is 7.87. The van der Waals surface area contributed by atoms with Gasteiger partial charge >= 0.3 is 15.6 Å². The second kappa shape index (κ2) is 6.22. The van der Waals surface area contributed by atoms with Crippen LogP contribution in [0.4, 0.5) is 13.2 Å². The van der Waals surface area contributed by atoms with Gasteiger partial charge in [0.05, 0.1) is 6.04 Å². The Bertz CT molecular complexity index is 581. The Morgan fingerprint density at radius 2 is 2.05 bits per heavy atom. The monoisotopic (exact) mass is 339 g/mol. The lowest BCUT2D eigenvalue weighted by Crippen LogP contribution is -2.37. The van der Waals surface area contributed by atoms with E-state index < -0.39 is 21.5 Å². The fraction of sp³-hybridized carbons (Fsp3) is 0.786. The zero-order chi connectivity index (χ0) is 16.5. The molecule has 0 spiro atoms. The van der Waals surface area contributed by atoms with Crippen molar-refractivity contribution in [1.29, 1.82) is 0 Å². The lowest BCUT2D eigenvalue weighted by atomic mass is 9.74. The van der Waals surface area contributed by atoms with E-state index in [1.54, 1.807) is 0 Å². The summed E-state index contributed by atoms with van der Waals surface area (Å²) >= 11 is 0. The molecule has 0 amide bonds. The second-order valence-corrected chi connectivity index (χ2v) is 7.44. The van der Waals surface area contributed by atoms with Gasteiger partial charge in [-0.25, -0.2) is 0 Å². The van der Waals surface area contributed by atoms with Crippen molar-refractivity contribution < 1.29 is 25.8 Å². The van der Waals surface area contributed by atoms with Crippen molar-refractivity contribution >= 4 is 15.8 Å². The molecule has 0 N–H and O–H groups in total. The van der Waals surface area contributed by atoms with Crippen molar-refractivity contribution in [3.63, 3.8) is 0 Å². The first kappa shape index (κ1) is 17.3. The minimum Gasteiger partial charge on any atom is -0.380 e. The minimum atomic E-state index is -5.63. The van der Waals surface area contributed by atoms with Crippen molar-refractivity contribution in [2.75, 3.05) is 0 Å². The molecule has 2 aliphatic rings. The molecular weight excluding hydrogens is 319 g/mol. The Labute approximate surface area is 128 Å². The van der Waals surface area contributed by atoms with E-state index in [9.17, 15) is 21.6 Å². The number of alkyl halides is 3. The van der Waals surface area contributed by atoms with Crippen LogP contribution in [0.25, 0.3) is 0 Å². The van der Waals surface area contributed by atoms with Gasteiger partial charge < -0.3 is 4.18 Å². The molecule has 1 aliphatic heterocycles. The molecule has 22 heavy (non-hydrogen) atoms. The van der Waals surface area contributed by atoms with Gasteiger partial charge in [-0.05, 0) is 31.3 Å². The normalized spacial score (nSPS) is 29.4. The first-order valence-electron chi connectivity index (χ1n) is 7.44. The molecule has 126 valence electrons. The smallest absolute Gasteiger partial charge is 0.380 e. The molecule has 0 aromatic heterocycles. The lowest BCUT2D eigenvalue weighted by Gasteiger charge is -2.37. The van der Waals surface area contributed by atoms with Crippen LogP contribution in [0, 0.1) is 11.8 Å². The van der Waals surface area contributed by atoms with Gasteiger partial charge in [0.2, 0.25) is 0 Å². The number of halogens is 3. The number of rotatable bonds is 4. The molecule has 2 rings (SSSR count). The Balaban J connectivity index is 2.34. The van der Waals surface area contributed by atoms with Gasteiger partial charge in [0.25, 0.3) is 0 Å². The number of hydrogen-bond donors (Lipinski definition) is 0. The molecule has 1 fully saturated rings. The molecular formula is C14H20F3NO3S. The fourth-order valence-electron chi connectivity index (χ4n) is 3.16. The van der Waals surface area contributed by atoms with Crippen LogP contribution >= 0.6 is 0 Å². The van der Waals surface area contributed by atoms with Crippen LogP contribution in [0.3, 0.4) is 0 Å². The number of fused-ring (bicyclic) bond motifs is 1. The zero-order valence-electron chi connectivity index (χ0n) is 12.6. The Morgan fingerprint density at radius 1 is 1.36 bits per heavy atom. The molecule has 0 radical (unpaired) electrons. The van der Waals surface area contributed by atoms with Crippen LogP contribution < -0.4 is 0 Å². The topological polar surface area (TPSA) is 55.7 Å². The van der Waals surface area contributed by atoms with E-state index in [1.807, 2.05) is 13.8 Å². The Morgan fingerprint density at radius 3 is 2.64 bits per heavy atom. The van der Waals surface area contributed by atoms with E-state index in [-0.39, 0.29) is 17.7 Å². The standard InChI is InChI=1S/C14H20F3NO3S/c1-3-5-10-8-12(21-22(19,20)14(15,16)17)13-9(2)6-4-7-11(13)18-10/h8-9,11,13H,3-7H2,1-2H3/t9-,11-,13+/m1/s1. The van der Waals surface area contributed by atoms with E-state index in [2.05, 4.69) is 9.18 Å². The summed E-state index contributed by atoms with van der Waals surface area (Å²) in [6.45, 7) is 3.83. The van der Waals surface area contributed by atoms with Crippen molar-refractivity contribution in [3.8, 4) is 0 Å². The summed E-state index contributed by atoms with van der Waals surface area (Å²) < 4.78 is 64.9. The van der Waals surface area contributed by atoms with Crippen molar-refractivity contribution in [3.05, 3.63) is 11.8 Å². The third kappa shape index (κ3) is 3.47. The summed E-state index contributed by atoms with van der Waals surface area (Å²) in [5.74, 6) is -0.459. The number of dihydropyridines is 1. The Kier molecular flexibility index (Phi) is 4.89. The SMILES string of the molecule is CCCC1=N[C@@H]2CCC[C@@H](C)[C@@H]2C(OS(=O)(=O)C(F)(F)F)=C1. The lowest BCUT2D eigenvalue weighted by molar-refractivity contribution is -0.0531. The Hall–Kier alpha value is -1.05. The maximum atomic E-state index is 12.6. The van der Waals surface area contributed by atoms with Crippen LogP contribution in [0.15, 0.2) is 16.8 Å². The molecule has 0 unspecified atom stereocenters. The molecule has 3 atom stereocenters. The summed E-state index contributed by atoms with van der Waals surface area (Å²) in [7, 11) is -5.63. The maximum absolute atomic E-state index is 12.6. The largest absolute Gasteiger partial charge is 0.534 e. The highest BCUT2D eigenvalue weighted by Gasteiger charge is 2.50. The van der Waals surface area contributed by atoms with Gasteiger partial charge in [0.1, 0.15) is 5.76 Å². The average Bonchev–Trinajstić information content (AvgIpc) is 2.37. The van der Waals surface area contributed by atoms with E-state index in [0.29, 0.717) is 12.1 Å². The van der Waals surface area contributed by atoms with E-state index in [4.69, 9.17) is 0 Å². The van der Waals surface area contributed by atoms with E-state index >= 15 is 0 Å². The third-order valence-electron chi connectivity index (χ3n) is 4.15. The van der Waals surface area contributed by atoms with Crippen molar-refractivity contribution in [2.24, 2.45) is 16.8 Å². The predicted molar refractivity (Wildman–Crippen MR) is 76.8 cm³/mol. The number of hydrogen-bond acceptors (Lipinski definition) is 4. The van der Waals surface area contributed by atoms with Crippen molar-refractivity contribution in [1.82, 2.24) is 0 Å². The molecule has 1 aliphatic carbocycles. The summed E-state index contributed by atoms with van der Waals surface area (Å²) in [5, 5.41) is 0. The van der Waals surface area contributed by atoms with Gasteiger partial charge in [-0.1, -0.05) is 26.7 Å². The van der Waals surface area contributed by atoms with Crippen LogP contribution in [0.1, 0.15) is 46.0 Å². The molecule has 1 heterocycles. The summed E-state index contributed by atoms with van der Waals surface area (Å²) in [6, 6.07) is -0.186. The summed E-state index contributed by atoms with van der Waals surface area (Å²) in [5.41, 5.74) is -4.80. The van der Waals surface area contributed by atoms with Crippen LogP contribution in [0.5, 0.6) is 0 Å². The minimum absolute atomic E-state index is 0.0420. The maximum Gasteiger partial charge on any atom is 0.534 e. The quantitative estimate of drug-likeness (QED) is 0.578. The van der Waals surface area contributed by atoms with E-state index in [0.717, 1.165) is 25.7 Å². The number of nitrogens with zero attached hydrogens (tertiary/aromatic N) is 1. The molecule has 0 aromatic rings.